The zero-order valence-electron chi connectivity index (χ0n) is 17.6. The van der Waals surface area contributed by atoms with Gasteiger partial charge in [-0.05, 0) is 83.8 Å². The summed E-state index contributed by atoms with van der Waals surface area (Å²) in [5.41, 5.74) is 4.72. The standard InChI is InChI=1S/C27H30O3/c1-3-19(21-5-11-25(28)12-6-21)17-24(23-9-15-27(30)16-10-23)18-20(4-2)22-7-13-26(29)14-8-22/h5-17,20,24,28-30H,3-4,18H2,1-2H3. The minimum Gasteiger partial charge on any atom is -0.508 e. The number of phenolic OH excluding ortho intramolecular Hbond substituents is 3. The van der Waals surface area contributed by atoms with Crippen molar-refractivity contribution in [2.24, 2.45) is 0 Å². The van der Waals surface area contributed by atoms with Gasteiger partial charge in [0.15, 0.2) is 0 Å². The van der Waals surface area contributed by atoms with Gasteiger partial charge in [0, 0.05) is 5.92 Å². The Morgan fingerprint density at radius 2 is 1.17 bits per heavy atom. The third-order valence-electron chi connectivity index (χ3n) is 5.74. The quantitative estimate of drug-likeness (QED) is 0.381. The monoisotopic (exact) mass is 402 g/mol. The molecular formula is C27H30O3. The van der Waals surface area contributed by atoms with Crippen LogP contribution in [0.3, 0.4) is 0 Å². The Labute approximate surface area is 179 Å². The van der Waals surface area contributed by atoms with Crippen molar-refractivity contribution in [1.29, 1.82) is 0 Å². The Kier molecular flexibility index (Phi) is 7.18. The fourth-order valence-electron chi connectivity index (χ4n) is 3.95. The van der Waals surface area contributed by atoms with E-state index in [2.05, 4.69) is 19.9 Å². The van der Waals surface area contributed by atoms with Crippen LogP contribution in [-0.2, 0) is 0 Å². The lowest BCUT2D eigenvalue weighted by atomic mass is 9.82. The summed E-state index contributed by atoms with van der Waals surface area (Å²) in [5.74, 6) is 1.33. The number of rotatable bonds is 8. The molecule has 2 atom stereocenters. The maximum Gasteiger partial charge on any atom is 0.115 e. The minimum atomic E-state index is 0.174. The van der Waals surface area contributed by atoms with Crippen molar-refractivity contribution in [1.82, 2.24) is 0 Å². The maximum absolute atomic E-state index is 9.74. The number of phenols is 3. The Morgan fingerprint density at radius 1 is 0.700 bits per heavy atom. The first-order chi connectivity index (χ1) is 14.5. The normalized spacial score (nSPS) is 13.7. The molecule has 30 heavy (non-hydrogen) atoms. The van der Waals surface area contributed by atoms with Crippen LogP contribution in [0.5, 0.6) is 17.2 Å². The predicted molar refractivity (Wildman–Crippen MR) is 123 cm³/mol. The van der Waals surface area contributed by atoms with Gasteiger partial charge in [-0.3, -0.25) is 0 Å². The van der Waals surface area contributed by atoms with E-state index in [0.717, 1.165) is 30.4 Å². The molecule has 0 heterocycles. The molecule has 156 valence electrons. The Balaban J connectivity index is 1.97. The zero-order valence-corrected chi connectivity index (χ0v) is 17.6. The lowest BCUT2D eigenvalue weighted by Crippen LogP contribution is -2.05. The van der Waals surface area contributed by atoms with Gasteiger partial charge in [0.1, 0.15) is 17.2 Å². The molecule has 0 radical (unpaired) electrons. The molecule has 3 heteroatoms. The van der Waals surface area contributed by atoms with Crippen molar-refractivity contribution in [3.63, 3.8) is 0 Å². The van der Waals surface area contributed by atoms with E-state index >= 15 is 0 Å². The number of benzene rings is 3. The molecule has 0 spiro atoms. The average molecular weight is 403 g/mol. The second-order valence-corrected chi connectivity index (χ2v) is 7.72. The van der Waals surface area contributed by atoms with Gasteiger partial charge in [0.25, 0.3) is 0 Å². The smallest absolute Gasteiger partial charge is 0.115 e. The van der Waals surface area contributed by atoms with E-state index in [9.17, 15) is 15.3 Å². The molecule has 0 saturated heterocycles. The largest absolute Gasteiger partial charge is 0.508 e. The molecule has 0 aliphatic carbocycles. The molecule has 3 nitrogen and oxygen atoms in total. The predicted octanol–water partition coefficient (Wildman–Crippen LogP) is 6.96. The van der Waals surface area contributed by atoms with Gasteiger partial charge in [-0.1, -0.05) is 56.3 Å². The third kappa shape index (κ3) is 5.44. The molecule has 3 aromatic carbocycles. The molecule has 2 unspecified atom stereocenters. The van der Waals surface area contributed by atoms with Crippen molar-refractivity contribution in [2.75, 3.05) is 0 Å². The van der Waals surface area contributed by atoms with Gasteiger partial charge < -0.3 is 15.3 Å². The van der Waals surface area contributed by atoms with Crippen LogP contribution in [0.1, 0.15) is 61.6 Å². The number of hydrogen-bond donors (Lipinski definition) is 3. The fraction of sp³-hybridized carbons (Fsp3) is 0.259. The Morgan fingerprint density at radius 3 is 1.63 bits per heavy atom. The highest BCUT2D eigenvalue weighted by molar-refractivity contribution is 5.67. The van der Waals surface area contributed by atoms with Crippen LogP contribution in [0.25, 0.3) is 5.57 Å². The highest BCUT2D eigenvalue weighted by atomic mass is 16.3. The van der Waals surface area contributed by atoms with Crippen LogP contribution in [0, 0.1) is 0 Å². The van der Waals surface area contributed by atoms with Crippen molar-refractivity contribution >= 4 is 5.57 Å². The second kappa shape index (κ2) is 10.0. The molecule has 0 amide bonds. The number of hydrogen-bond acceptors (Lipinski definition) is 3. The first-order valence-corrected chi connectivity index (χ1v) is 10.6. The summed E-state index contributed by atoms with van der Waals surface area (Å²) in [6, 6.07) is 22.3. The summed E-state index contributed by atoms with van der Waals surface area (Å²) >= 11 is 0. The minimum absolute atomic E-state index is 0.174. The molecular weight excluding hydrogens is 372 g/mol. The van der Waals surface area contributed by atoms with Crippen molar-refractivity contribution in [3.8, 4) is 17.2 Å². The first-order valence-electron chi connectivity index (χ1n) is 10.6. The summed E-state index contributed by atoms with van der Waals surface area (Å²) in [5, 5.41) is 29.0. The summed E-state index contributed by atoms with van der Waals surface area (Å²) in [6.45, 7) is 4.33. The molecule has 3 aromatic rings. The van der Waals surface area contributed by atoms with Crippen LogP contribution < -0.4 is 0 Å². The van der Waals surface area contributed by atoms with E-state index in [1.165, 1.54) is 11.1 Å². The molecule has 0 bridgehead atoms. The van der Waals surface area contributed by atoms with Crippen molar-refractivity contribution in [2.45, 2.75) is 44.9 Å². The highest BCUT2D eigenvalue weighted by Crippen LogP contribution is 2.36. The topological polar surface area (TPSA) is 60.7 Å². The highest BCUT2D eigenvalue weighted by Gasteiger charge is 2.18. The molecule has 3 N–H and O–H groups in total. The molecule has 0 aliphatic heterocycles. The first kappa shape index (κ1) is 21.5. The van der Waals surface area contributed by atoms with Crippen LogP contribution >= 0.6 is 0 Å². The lowest BCUT2D eigenvalue weighted by molar-refractivity contribution is 0.474. The molecule has 0 aliphatic rings. The lowest BCUT2D eigenvalue weighted by Gasteiger charge is -2.23. The molecule has 0 aromatic heterocycles. The van der Waals surface area contributed by atoms with Crippen molar-refractivity contribution < 1.29 is 15.3 Å². The van der Waals surface area contributed by atoms with Gasteiger partial charge in [-0.15, -0.1) is 0 Å². The van der Waals surface area contributed by atoms with Gasteiger partial charge in [-0.2, -0.15) is 0 Å². The van der Waals surface area contributed by atoms with Gasteiger partial charge in [0.2, 0.25) is 0 Å². The van der Waals surface area contributed by atoms with Crippen LogP contribution in [0.4, 0.5) is 0 Å². The maximum atomic E-state index is 9.74. The van der Waals surface area contributed by atoms with Gasteiger partial charge in [-0.25, -0.2) is 0 Å². The third-order valence-corrected chi connectivity index (χ3v) is 5.74. The summed E-state index contributed by atoms with van der Waals surface area (Å²) in [4.78, 5) is 0. The van der Waals surface area contributed by atoms with Crippen molar-refractivity contribution in [3.05, 3.63) is 95.6 Å². The van der Waals surface area contributed by atoms with E-state index in [1.54, 1.807) is 36.4 Å². The van der Waals surface area contributed by atoms with E-state index in [-0.39, 0.29) is 23.2 Å². The Hall–Kier alpha value is -3.20. The van der Waals surface area contributed by atoms with Crippen LogP contribution in [-0.4, -0.2) is 15.3 Å². The number of aromatic hydroxyl groups is 3. The van der Waals surface area contributed by atoms with Gasteiger partial charge in [0.05, 0.1) is 0 Å². The Bertz CT molecular complexity index is 954. The SMILES string of the molecule is CCC(=CC(CC(CC)c1ccc(O)cc1)c1ccc(O)cc1)c1ccc(O)cc1. The van der Waals surface area contributed by atoms with E-state index in [4.69, 9.17) is 0 Å². The summed E-state index contributed by atoms with van der Waals surface area (Å²) in [6.07, 6.45) is 5.12. The summed E-state index contributed by atoms with van der Waals surface area (Å²) in [7, 11) is 0. The molecule has 3 rings (SSSR count). The van der Waals surface area contributed by atoms with Gasteiger partial charge >= 0.3 is 0 Å². The summed E-state index contributed by atoms with van der Waals surface area (Å²) < 4.78 is 0. The van der Waals surface area contributed by atoms with E-state index in [0.29, 0.717) is 5.92 Å². The van der Waals surface area contributed by atoms with Crippen LogP contribution in [0.2, 0.25) is 0 Å². The molecule has 0 saturated carbocycles. The van der Waals surface area contributed by atoms with E-state index < -0.39 is 0 Å². The molecule has 0 fully saturated rings. The second-order valence-electron chi connectivity index (χ2n) is 7.72. The number of allylic oxidation sites excluding steroid dienone is 2. The van der Waals surface area contributed by atoms with Crippen LogP contribution in [0.15, 0.2) is 78.9 Å². The van der Waals surface area contributed by atoms with E-state index in [1.807, 2.05) is 36.4 Å². The average Bonchev–Trinajstić information content (AvgIpc) is 2.76. The fourth-order valence-corrected chi connectivity index (χ4v) is 3.95. The zero-order chi connectivity index (χ0) is 21.5.